The van der Waals surface area contributed by atoms with Crippen molar-refractivity contribution < 1.29 is 14.3 Å². The standard InChI is InChI=1S/C24H25N5O3S/c1-16-3-6-20(31-2)21-22(16)33-24(27-21)29(10-9-28-11-13-32-14-12-28)23(30)17-4-5-18-19(15-17)26-8-7-25-18/h3-8,15H,9-14H2,1-2H3. The number of carbonyl (C=O) groups is 1. The van der Waals surface area contributed by atoms with E-state index in [2.05, 4.69) is 14.9 Å². The lowest BCUT2D eigenvalue weighted by Gasteiger charge is -2.29. The van der Waals surface area contributed by atoms with Gasteiger partial charge in [-0.05, 0) is 36.8 Å². The van der Waals surface area contributed by atoms with Crippen LogP contribution in [0.15, 0.2) is 42.7 Å². The minimum Gasteiger partial charge on any atom is -0.494 e. The number of morpholine rings is 1. The van der Waals surface area contributed by atoms with Crippen LogP contribution < -0.4 is 9.64 Å². The molecule has 1 saturated heterocycles. The van der Waals surface area contributed by atoms with E-state index in [-0.39, 0.29) is 5.91 Å². The maximum Gasteiger partial charge on any atom is 0.260 e. The van der Waals surface area contributed by atoms with Gasteiger partial charge in [-0.25, -0.2) is 4.98 Å². The van der Waals surface area contributed by atoms with Gasteiger partial charge in [0.15, 0.2) is 5.13 Å². The Morgan fingerprint density at radius 1 is 1.15 bits per heavy atom. The molecule has 33 heavy (non-hydrogen) atoms. The van der Waals surface area contributed by atoms with Crippen molar-refractivity contribution in [3.05, 3.63) is 53.9 Å². The third kappa shape index (κ3) is 4.39. The summed E-state index contributed by atoms with van der Waals surface area (Å²) in [4.78, 5) is 31.4. The summed E-state index contributed by atoms with van der Waals surface area (Å²) in [5.74, 6) is 0.603. The number of ether oxygens (including phenoxy) is 2. The largest absolute Gasteiger partial charge is 0.494 e. The molecular weight excluding hydrogens is 438 g/mol. The number of aryl methyl sites for hydroxylation is 1. The fourth-order valence-electron chi connectivity index (χ4n) is 3.98. The SMILES string of the molecule is COc1ccc(C)c2sc(N(CCN3CCOCC3)C(=O)c3ccc4nccnc4c3)nc12. The molecule has 2 aromatic heterocycles. The smallest absolute Gasteiger partial charge is 0.260 e. The highest BCUT2D eigenvalue weighted by Gasteiger charge is 2.24. The lowest BCUT2D eigenvalue weighted by atomic mass is 10.1. The first-order valence-electron chi connectivity index (χ1n) is 10.9. The summed E-state index contributed by atoms with van der Waals surface area (Å²) in [7, 11) is 1.64. The van der Waals surface area contributed by atoms with Crippen LogP contribution in [-0.2, 0) is 4.74 Å². The summed E-state index contributed by atoms with van der Waals surface area (Å²) in [5, 5.41) is 0.662. The van der Waals surface area contributed by atoms with E-state index in [0.29, 0.717) is 28.5 Å². The van der Waals surface area contributed by atoms with Gasteiger partial charge < -0.3 is 9.47 Å². The number of methoxy groups -OCH3 is 1. The summed E-state index contributed by atoms with van der Waals surface area (Å²) in [6.45, 7) is 6.48. The first-order valence-corrected chi connectivity index (χ1v) is 11.7. The van der Waals surface area contributed by atoms with Gasteiger partial charge in [0.2, 0.25) is 0 Å². The van der Waals surface area contributed by atoms with Crippen LogP contribution in [0, 0.1) is 6.92 Å². The Bertz CT molecular complexity index is 1300. The first kappa shape index (κ1) is 21.7. The molecule has 5 rings (SSSR count). The number of benzene rings is 2. The van der Waals surface area contributed by atoms with Gasteiger partial charge in [0.25, 0.3) is 5.91 Å². The zero-order valence-corrected chi connectivity index (χ0v) is 19.5. The summed E-state index contributed by atoms with van der Waals surface area (Å²) in [5.41, 5.74) is 3.91. The van der Waals surface area contributed by atoms with Crippen LogP contribution in [0.2, 0.25) is 0 Å². The molecule has 0 unspecified atom stereocenters. The molecule has 0 saturated carbocycles. The Balaban J connectivity index is 1.52. The second-order valence-electron chi connectivity index (χ2n) is 7.93. The van der Waals surface area contributed by atoms with Gasteiger partial charge in [-0.15, -0.1) is 0 Å². The second-order valence-corrected chi connectivity index (χ2v) is 8.91. The number of carbonyl (C=O) groups excluding carboxylic acids is 1. The van der Waals surface area contributed by atoms with Crippen LogP contribution in [0.25, 0.3) is 21.3 Å². The zero-order valence-electron chi connectivity index (χ0n) is 18.7. The molecule has 0 bridgehead atoms. The average Bonchev–Trinajstić information content (AvgIpc) is 3.31. The fraction of sp³-hybridized carbons (Fsp3) is 0.333. The number of hydrogen-bond donors (Lipinski definition) is 0. The van der Waals surface area contributed by atoms with Crippen molar-refractivity contribution in [3.63, 3.8) is 0 Å². The van der Waals surface area contributed by atoms with Gasteiger partial charge >= 0.3 is 0 Å². The highest BCUT2D eigenvalue weighted by molar-refractivity contribution is 7.22. The van der Waals surface area contributed by atoms with Crippen molar-refractivity contribution in [3.8, 4) is 5.75 Å². The molecule has 3 heterocycles. The molecule has 2 aromatic carbocycles. The summed E-state index contributed by atoms with van der Waals surface area (Å²) >= 11 is 1.52. The lowest BCUT2D eigenvalue weighted by molar-refractivity contribution is 0.0391. The number of rotatable bonds is 6. The number of anilines is 1. The molecule has 1 aliphatic rings. The van der Waals surface area contributed by atoms with E-state index in [4.69, 9.17) is 14.5 Å². The van der Waals surface area contributed by atoms with Crippen molar-refractivity contribution in [1.29, 1.82) is 0 Å². The normalized spacial score (nSPS) is 14.6. The number of amides is 1. The van der Waals surface area contributed by atoms with E-state index in [0.717, 1.165) is 54.1 Å². The molecular formula is C24H25N5O3S. The molecule has 9 heteroatoms. The van der Waals surface area contributed by atoms with E-state index in [1.165, 1.54) is 11.3 Å². The highest BCUT2D eigenvalue weighted by atomic mass is 32.1. The number of hydrogen-bond acceptors (Lipinski definition) is 8. The average molecular weight is 464 g/mol. The van der Waals surface area contributed by atoms with Crippen LogP contribution in [-0.4, -0.2) is 72.3 Å². The van der Waals surface area contributed by atoms with E-state index in [1.54, 1.807) is 36.5 Å². The number of thiazole rings is 1. The Morgan fingerprint density at radius 3 is 2.73 bits per heavy atom. The Morgan fingerprint density at radius 2 is 1.94 bits per heavy atom. The molecule has 4 aromatic rings. The Kier molecular flexibility index (Phi) is 6.17. The Hall–Kier alpha value is -3.14. The van der Waals surface area contributed by atoms with E-state index in [1.807, 2.05) is 25.1 Å². The fourth-order valence-corrected chi connectivity index (χ4v) is 5.06. The minimum atomic E-state index is -0.105. The number of aromatic nitrogens is 3. The van der Waals surface area contributed by atoms with Crippen molar-refractivity contribution in [2.75, 3.05) is 51.4 Å². The molecule has 0 radical (unpaired) electrons. The maximum atomic E-state index is 13.7. The van der Waals surface area contributed by atoms with Crippen molar-refractivity contribution in [2.24, 2.45) is 0 Å². The highest BCUT2D eigenvalue weighted by Crippen LogP contribution is 2.37. The maximum absolute atomic E-state index is 13.7. The summed E-state index contributed by atoms with van der Waals surface area (Å²) in [6, 6.07) is 9.38. The van der Waals surface area contributed by atoms with Gasteiger partial charge in [0.05, 0.1) is 36.1 Å². The van der Waals surface area contributed by atoms with E-state index < -0.39 is 0 Å². The topological polar surface area (TPSA) is 80.7 Å². The summed E-state index contributed by atoms with van der Waals surface area (Å²) in [6.07, 6.45) is 3.28. The monoisotopic (exact) mass is 463 g/mol. The van der Waals surface area contributed by atoms with Crippen LogP contribution in [0.1, 0.15) is 15.9 Å². The molecule has 1 amide bonds. The van der Waals surface area contributed by atoms with E-state index >= 15 is 0 Å². The van der Waals surface area contributed by atoms with Crippen LogP contribution in [0.4, 0.5) is 5.13 Å². The Labute approximate surface area is 195 Å². The van der Waals surface area contributed by atoms with Gasteiger partial charge in [0, 0.05) is 44.1 Å². The van der Waals surface area contributed by atoms with Crippen molar-refractivity contribution in [2.45, 2.75) is 6.92 Å². The number of nitrogens with zero attached hydrogens (tertiary/aromatic N) is 5. The molecule has 1 fully saturated rings. The predicted molar refractivity (Wildman–Crippen MR) is 129 cm³/mol. The third-order valence-corrected chi connectivity index (χ3v) is 7.06. The summed E-state index contributed by atoms with van der Waals surface area (Å²) < 4.78 is 12.0. The minimum absolute atomic E-state index is 0.105. The van der Waals surface area contributed by atoms with Gasteiger partial charge in [-0.2, -0.15) is 0 Å². The van der Waals surface area contributed by atoms with Crippen molar-refractivity contribution >= 4 is 43.6 Å². The molecule has 8 nitrogen and oxygen atoms in total. The second kappa shape index (κ2) is 9.38. The molecule has 0 atom stereocenters. The van der Waals surface area contributed by atoms with Crippen LogP contribution in [0.3, 0.4) is 0 Å². The van der Waals surface area contributed by atoms with Gasteiger partial charge in [-0.3, -0.25) is 24.6 Å². The van der Waals surface area contributed by atoms with Gasteiger partial charge in [0.1, 0.15) is 11.3 Å². The van der Waals surface area contributed by atoms with Crippen LogP contribution >= 0.6 is 11.3 Å². The van der Waals surface area contributed by atoms with Crippen molar-refractivity contribution in [1.82, 2.24) is 19.9 Å². The number of fused-ring (bicyclic) bond motifs is 2. The molecule has 0 aliphatic carbocycles. The van der Waals surface area contributed by atoms with E-state index in [9.17, 15) is 4.79 Å². The van der Waals surface area contributed by atoms with Crippen LogP contribution in [0.5, 0.6) is 5.75 Å². The zero-order chi connectivity index (χ0) is 22.8. The third-order valence-electron chi connectivity index (χ3n) is 5.85. The van der Waals surface area contributed by atoms with Gasteiger partial charge in [-0.1, -0.05) is 17.4 Å². The predicted octanol–water partition coefficient (Wildman–Crippen LogP) is 3.54. The lowest BCUT2D eigenvalue weighted by Crippen LogP contribution is -2.43. The molecule has 0 spiro atoms. The first-order chi connectivity index (χ1) is 16.1. The molecule has 170 valence electrons. The molecule has 0 N–H and O–H groups in total. The molecule has 1 aliphatic heterocycles. The quantitative estimate of drug-likeness (QED) is 0.433.